The van der Waals surface area contributed by atoms with Crippen LogP contribution in [0.1, 0.15) is 12.8 Å². The molecular weight excluding hydrogens is 142 g/mol. The highest BCUT2D eigenvalue weighted by Crippen LogP contribution is 2.20. The molecule has 0 N–H and O–H groups in total. The molecule has 0 aliphatic carbocycles. The van der Waals surface area contributed by atoms with Crippen molar-refractivity contribution in [2.24, 2.45) is 0 Å². The first-order valence-corrected chi connectivity index (χ1v) is 4.28. The van der Waals surface area contributed by atoms with E-state index in [1.54, 1.807) is 0 Å². The van der Waals surface area contributed by atoms with Crippen molar-refractivity contribution in [1.82, 2.24) is 4.90 Å². The fourth-order valence-electron chi connectivity index (χ4n) is 1.57. The molecule has 0 saturated carbocycles. The fourth-order valence-corrected chi connectivity index (χ4v) is 1.57. The van der Waals surface area contributed by atoms with Gasteiger partial charge in [0.05, 0.1) is 19.8 Å². The number of nitrogens with zero attached hydrogens (tertiary/aromatic N) is 1. The second kappa shape index (κ2) is 3.52. The van der Waals surface area contributed by atoms with Crippen LogP contribution >= 0.6 is 0 Å². The number of hydrogen-bond donors (Lipinski definition) is 0. The molecule has 3 nitrogen and oxygen atoms in total. The molecular formula is C8H14NO2. The lowest BCUT2D eigenvalue weighted by Gasteiger charge is -2.28. The number of rotatable bonds is 1. The highest BCUT2D eigenvalue weighted by atomic mass is 16.6. The highest BCUT2D eigenvalue weighted by Gasteiger charge is 2.25. The van der Waals surface area contributed by atoms with Crippen molar-refractivity contribution in [2.45, 2.75) is 12.8 Å². The molecule has 63 valence electrons. The topological polar surface area (TPSA) is 21.7 Å². The lowest BCUT2D eigenvalue weighted by atomic mass is 10.4. The average Bonchev–Trinajstić information content (AvgIpc) is 2.58. The normalized spacial score (nSPS) is 29.5. The molecule has 11 heavy (non-hydrogen) atoms. The van der Waals surface area contributed by atoms with Crippen molar-refractivity contribution >= 4 is 0 Å². The summed E-state index contributed by atoms with van der Waals surface area (Å²) in [5.74, 6) is 0. The van der Waals surface area contributed by atoms with Crippen LogP contribution in [0.4, 0.5) is 0 Å². The molecule has 0 atom stereocenters. The molecule has 2 rings (SSSR count). The Balaban J connectivity index is 1.82. The third kappa shape index (κ3) is 1.72. The van der Waals surface area contributed by atoms with Crippen molar-refractivity contribution in [2.75, 3.05) is 32.9 Å². The van der Waals surface area contributed by atoms with Gasteiger partial charge in [-0.1, -0.05) is 0 Å². The summed E-state index contributed by atoms with van der Waals surface area (Å²) < 4.78 is 10.8. The summed E-state index contributed by atoms with van der Waals surface area (Å²) in [7, 11) is 0. The summed E-state index contributed by atoms with van der Waals surface area (Å²) in [6.07, 6.45) is 3.65. The molecule has 0 aromatic heterocycles. The molecule has 0 amide bonds. The van der Waals surface area contributed by atoms with Gasteiger partial charge in [-0.2, -0.15) is 0 Å². The zero-order valence-corrected chi connectivity index (χ0v) is 6.71. The molecule has 0 bridgehead atoms. The van der Waals surface area contributed by atoms with E-state index in [0.29, 0.717) is 6.61 Å². The summed E-state index contributed by atoms with van der Waals surface area (Å²) in [6, 6.07) is 0. The summed E-state index contributed by atoms with van der Waals surface area (Å²) in [5, 5.41) is 0. The van der Waals surface area contributed by atoms with E-state index in [4.69, 9.17) is 9.47 Å². The maximum atomic E-state index is 5.48. The van der Waals surface area contributed by atoms with Crippen molar-refractivity contribution in [3.05, 3.63) is 6.23 Å². The van der Waals surface area contributed by atoms with E-state index < -0.39 is 0 Å². The Morgan fingerprint density at radius 2 is 1.91 bits per heavy atom. The molecule has 2 saturated heterocycles. The second-order valence-electron chi connectivity index (χ2n) is 2.99. The van der Waals surface area contributed by atoms with E-state index >= 15 is 0 Å². The van der Waals surface area contributed by atoms with Gasteiger partial charge in [0, 0.05) is 13.1 Å². The van der Waals surface area contributed by atoms with Crippen LogP contribution in [-0.2, 0) is 9.47 Å². The lowest BCUT2D eigenvalue weighted by molar-refractivity contribution is -0.0774. The van der Waals surface area contributed by atoms with E-state index in [0.717, 1.165) is 32.5 Å². The van der Waals surface area contributed by atoms with Gasteiger partial charge in [0.15, 0.2) is 6.23 Å². The minimum atomic E-state index is 0.681. The van der Waals surface area contributed by atoms with Crippen molar-refractivity contribution < 1.29 is 9.47 Å². The van der Waals surface area contributed by atoms with Gasteiger partial charge in [-0.15, -0.1) is 0 Å². The number of likely N-dealkylation sites (tertiary alicyclic amines) is 1. The predicted molar refractivity (Wildman–Crippen MR) is 40.8 cm³/mol. The lowest BCUT2D eigenvalue weighted by Crippen LogP contribution is -2.35. The molecule has 2 heterocycles. The third-order valence-electron chi connectivity index (χ3n) is 2.18. The molecule has 0 aromatic rings. The summed E-state index contributed by atoms with van der Waals surface area (Å²) in [4.78, 5) is 2.29. The third-order valence-corrected chi connectivity index (χ3v) is 2.18. The SMILES string of the molecule is C1CCN([C]2COCCO2)C1. The Hall–Kier alpha value is -0.120. The fraction of sp³-hybridized carbons (Fsp3) is 0.875. The maximum Gasteiger partial charge on any atom is 0.190 e. The first kappa shape index (κ1) is 7.53. The van der Waals surface area contributed by atoms with Crippen LogP contribution in [0.2, 0.25) is 0 Å². The van der Waals surface area contributed by atoms with Crippen LogP contribution in [0.25, 0.3) is 0 Å². The summed E-state index contributed by atoms with van der Waals surface area (Å²) in [6.45, 7) is 4.46. The predicted octanol–water partition coefficient (Wildman–Crippen LogP) is 0.618. The van der Waals surface area contributed by atoms with Crippen LogP contribution in [-0.4, -0.2) is 37.8 Å². The van der Waals surface area contributed by atoms with E-state index in [-0.39, 0.29) is 0 Å². The van der Waals surface area contributed by atoms with Gasteiger partial charge in [0.2, 0.25) is 0 Å². The van der Waals surface area contributed by atoms with E-state index in [2.05, 4.69) is 4.90 Å². The van der Waals surface area contributed by atoms with Gasteiger partial charge in [-0.3, -0.25) is 4.90 Å². The van der Waals surface area contributed by atoms with Crippen molar-refractivity contribution in [1.29, 1.82) is 0 Å². The summed E-state index contributed by atoms with van der Waals surface area (Å²) in [5.41, 5.74) is 0. The largest absolute Gasteiger partial charge is 0.374 e. The molecule has 2 fully saturated rings. The highest BCUT2D eigenvalue weighted by molar-refractivity contribution is 4.84. The number of ether oxygens (including phenoxy) is 2. The van der Waals surface area contributed by atoms with Gasteiger partial charge in [-0.05, 0) is 12.8 Å². The Bertz CT molecular complexity index is 117. The minimum absolute atomic E-state index is 0.681. The zero-order chi connectivity index (χ0) is 7.52. The Kier molecular flexibility index (Phi) is 2.41. The van der Waals surface area contributed by atoms with Crippen LogP contribution in [0.5, 0.6) is 0 Å². The standard InChI is InChI=1S/C8H14NO2/c1-2-4-9(3-1)8-7-10-5-6-11-8/h1-7H2. The van der Waals surface area contributed by atoms with E-state index in [1.807, 2.05) is 0 Å². The average molecular weight is 156 g/mol. The minimum Gasteiger partial charge on any atom is -0.374 e. The molecule has 3 heteroatoms. The molecule has 2 aliphatic heterocycles. The Morgan fingerprint density at radius 1 is 1.09 bits per heavy atom. The monoisotopic (exact) mass is 156 g/mol. The molecule has 2 aliphatic rings. The number of hydrogen-bond acceptors (Lipinski definition) is 3. The van der Waals surface area contributed by atoms with E-state index in [1.165, 1.54) is 12.8 Å². The molecule has 0 spiro atoms. The first-order chi connectivity index (χ1) is 5.47. The quantitative estimate of drug-likeness (QED) is 0.555. The van der Waals surface area contributed by atoms with Crippen molar-refractivity contribution in [3.63, 3.8) is 0 Å². The maximum absolute atomic E-state index is 5.48. The molecule has 0 aromatic carbocycles. The van der Waals surface area contributed by atoms with Gasteiger partial charge in [-0.25, -0.2) is 0 Å². The van der Waals surface area contributed by atoms with Gasteiger partial charge < -0.3 is 9.47 Å². The first-order valence-electron chi connectivity index (χ1n) is 4.28. The van der Waals surface area contributed by atoms with Crippen LogP contribution < -0.4 is 0 Å². The van der Waals surface area contributed by atoms with Gasteiger partial charge >= 0.3 is 0 Å². The zero-order valence-electron chi connectivity index (χ0n) is 6.71. The Morgan fingerprint density at radius 3 is 2.55 bits per heavy atom. The second-order valence-corrected chi connectivity index (χ2v) is 2.99. The van der Waals surface area contributed by atoms with Gasteiger partial charge in [0.1, 0.15) is 0 Å². The van der Waals surface area contributed by atoms with E-state index in [9.17, 15) is 0 Å². The van der Waals surface area contributed by atoms with Gasteiger partial charge in [0.25, 0.3) is 0 Å². The summed E-state index contributed by atoms with van der Waals surface area (Å²) >= 11 is 0. The van der Waals surface area contributed by atoms with Crippen LogP contribution in [0.15, 0.2) is 0 Å². The molecule has 1 radical (unpaired) electrons. The molecule has 0 unspecified atom stereocenters. The van der Waals surface area contributed by atoms with Crippen LogP contribution in [0.3, 0.4) is 0 Å². The smallest absolute Gasteiger partial charge is 0.190 e. The van der Waals surface area contributed by atoms with Crippen molar-refractivity contribution in [3.8, 4) is 0 Å². The Labute approximate surface area is 67.3 Å². The van der Waals surface area contributed by atoms with Crippen LogP contribution in [0, 0.1) is 6.23 Å².